The van der Waals surface area contributed by atoms with Crippen LogP contribution in [0.15, 0.2) is 5.18 Å². The first-order chi connectivity index (χ1) is 12.3. The van der Waals surface area contributed by atoms with E-state index in [1.807, 2.05) is 0 Å². The van der Waals surface area contributed by atoms with E-state index in [0.29, 0.717) is 5.92 Å². The predicted molar refractivity (Wildman–Crippen MR) is 112 cm³/mol. The molecule has 0 saturated heterocycles. The van der Waals surface area contributed by atoms with Crippen molar-refractivity contribution in [3.8, 4) is 0 Å². The molecule has 25 heavy (non-hydrogen) atoms. The topological polar surface area (TPSA) is 55.4 Å². The van der Waals surface area contributed by atoms with E-state index in [1.165, 1.54) is 103 Å². The van der Waals surface area contributed by atoms with Crippen molar-refractivity contribution in [2.75, 3.05) is 0 Å². The zero-order chi connectivity index (χ0) is 18.6. The predicted octanol–water partition coefficient (Wildman–Crippen LogP) is 7.72. The molecule has 0 bridgehead atoms. The molecule has 0 aromatic carbocycles. The first kappa shape index (κ1) is 24.6. The third-order valence-electron chi connectivity index (χ3n) is 5.46. The van der Waals surface area contributed by atoms with Crippen molar-refractivity contribution in [3.05, 3.63) is 4.91 Å². The van der Waals surface area contributed by atoms with Gasteiger partial charge in [0.05, 0.1) is 0 Å². The van der Waals surface area contributed by atoms with Gasteiger partial charge in [0, 0.05) is 0 Å². The van der Waals surface area contributed by atoms with Gasteiger partial charge in [-0.25, -0.2) is 0 Å². The third kappa shape index (κ3) is 16.8. The lowest BCUT2D eigenvalue weighted by molar-refractivity contribution is 0.345. The number of hydrogen-bond donors (Lipinski definition) is 1. The summed E-state index contributed by atoms with van der Waals surface area (Å²) >= 11 is 0. The number of unbranched alkanes of at least 4 members (excludes halogenated alkanes) is 14. The fraction of sp³-hybridized carbons (Fsp3) is 1.00. The zero-order valence-corrected chi connectivity index (χ0v) is 17.3. The van der Waals surface area contributed by atoms with Gasteiger partial charge in [0.2, 0.25) is 0 Å². The van der Waals surface area contributed by atoms with Gasteiger partial charge >= 0.3 is 0 Å². The highest BCUT2D eigenvalue weighted by molar-refractivity contribution is 4.71. The molecular formula is C22H46N2O. The Labute approximate surface area is 157 Å². The Bertz CT molecular complexity index is 251. The average molecular weight is 355 g/mol. The Kier molecular flexibility index (Phi) is 19.5. The highest BCUT2D eigenvalue weighted by Crippen LogP contribution is 2.22. The SMILES string of the molecule is CCCCCCCCCCC(CCCCCCCCCC)C(N)N=O. The number of rotatable bonds is 20. The molecule has 0 aromatic heterocycles. The van der Waals surface area contributed by atoms with Crippen LogP contribution in [-0.2, 0) is 0 Å². The summed E-state index contributed by atoms with van der Waals surface area (Å²) in [6, 6.07) is 0. The molecule has 0 saturated carbocycles. The van der Waals surface area contributed by atoms with E-state index in [2.05, 4.69) is 19.0 Å². The maximum absolute atomic E-state index is 10.8. The first-order valence-corrected chi connectivity index (χ1v) is 11.3. The molecule has 1 unspecified atom stereocenters. The largest absolute Gasteiger partial charge is 0.307 e. The van der Waals surface area contributed by atoms with Crippen molar-refractivity contribution >= 4 is 0 Å². The second kappa shape index (κ2) is 19.9. The molecule has 3 heteroatoms. The molecular weight excluding hydrogens is 308 g/mol. The normalized spacial score (nSPS) is 12.6. The lowest BCUT2D eigenvalue weighted by atomic mass is 9.92. The Hall–Kier alpha value is -0.440. The molecule has 1 atom stereocenters. The van der Waals surface area contributed by atoms with Crippen molar-refractivity contribution in [1.29, 1.82) is 0 Å². The van der Waals surface area contributed by atoms with Crippen LogP contribution in [0.1, 0.15) is 129 Å². The Balaban J connectivity index is 3.64. The monoisotopic (exact) mass is 354 g/mol. The summed E-state index contributed by atoms with van der Waals surface area (Å²) < 4.78 is 0. The van der Waals surface area contributed by atoms with Crippen LogP contribution >= 0.6 is 0 Å². The van der Waals surface area contributed by atoms with Gasteiger partial charge in [-0.3, -0.25) is 0 Å². The van der Waals surface area contributed by atoms with Crippen LogP contribution in [0.5, 0.6) is 0 Å². The lowest BCUT2D eigenvalue weighted by Crippen LogP contribution is -2.27. The second-order valence-corrected chi connectivity index (χ2v) is 7.88. The van der Waals surface area contributed by atoms with Gasteiger partial charge in [0.25, 0.3) is 0 Å². The van der Waals surface area contributed by atoms with Crippen LogP contribution in [0.3, 0.4) is 0 Å². The molecule has 0 amide bonds. The summed E-state index contributed by atoms with van der Waals surface area (Å²) in [6.07, 6.45) is 23.0. The van der Waals surface area contributed by atoms with Gasteiger partial charge in [-0.1, -0.05) is 122 Å². The Morgan fingerprint density at radius 3 is 1.24 bits per heavy atom. The molecule has 0 radical (unpaired) electrons. The first-order valence-electron chi connectivity index (χ1n) is 11.3. The van der Waals surface area contributed by atoms with E-state index in [4.69, 9.17) is 5.73 Å². The van der Waals surface area contributed by atoms with Gasteiger partial charge in [-0.15, -0.1) is 4.91 Å². The van der Waals surface area contributed by atoms with Crippen molar-refractivity contribution in [3.63, 3.8) is 0 Å². The number of nitrogens with two attached hydrogens (primary N) is 1. The summed E-state index contributed by atoms with van der Waals surface area (Å²) in [6.45, 7) is 4.52. The van der Waals surface area contributed by atoms with Gasteiger partial charge in [-0.2, -0.15) is 0 Å². The fourth-order valence-corrected chi connectivity index (χ4v) is 3.65. The highest BCUT2D eigenvalue weighted by atomic mass is 16.3. The van der Waals surface area contributed by atoms with Gasteiger partial charge in [-0.05, 0) is 18.8 Å². The number of nitroso groups, excluding NO2 is 1. The number of nitrogens with zero attached hydrogens (tertiary/aromatic N) is 1. The van der Waals surface area contributed by atoms with Gasteiger partial charge < -0.3 is 5.73 Å². The molecule has 0 aliphatic heterocycles. The summed E-state index contributed by atoms with van der Waals surface area (Å²) in [7, 11) is 0. The quantitative estimate of drug-likeness (QED) is 0.180. The molecule has 2 N–H and O–H groups in total. The van der Waals surface area contributed by atoms with Crippen molar-refractivity contribution in [2.45, 2.75) is 136 Å². The van der Waals surface area contributed by atoms with E-state index in [1.54, 1.807) is 0 Å². The van der Waals surface area contributed by atoms with E-state index in [9.17, 15) is 4.91 Å². The molecule has 0 rings (SSSR count). The maximum atomic E-state index is 10.8. The van der Waals surface area contributed by atoms with E-state index < -0.39 is 6.17 Å². The molecule has 0 fully saturated rings. The average Bonchev–Trinajstić information content (AvgIpc) is 2.63. The summed E-state index contributed by atoms with van der Waals surface area (Å²) in [5.41, 5.74) is 5.93. The standard InChI is InChI=1S/C22H46N2O/c1-3-5-7-9-11-13-15-17-19-21(22(23)24-25)20-18-16-14-12-10-8-6-4-2/h21-22H,3-20,23H2,1-2H3. The smallest absolute Gasteiger partial charge is 0.142 e. The van der Waals surface area contributed by atoms with Crippen molar-refractivity contribution in [1.82, 2.24) is 0 Å². The minimum Gasteiger partial charge on any atom is -0.307 e. The minimum atomic E-state index is -0.492. The third-order valence-corrected chi connectivity index (χ3v) is 5.46. The molecule has 0 spiro atoms. The summed E-state index contributed by atoms with van der Waals surface area (Å²) in [5, 5.41) is 3.11. The van der Waals surface area contributed by atoms with Gasteiger partial charge in [0.1, 0.15) is 6.17 Å². The molecule has 0 aromatic rings. The van der Waals surface area contributed by atoms with Crippen molar-refractivity contribution in [2.24, 2.45) is 16.8 Å². The zero-order valence-electron chi connectivity index (χ0n) is 17.3. The maximum Gasteiger partial charge on any atom is 0.142 e. The molecule has 0 aliphatic carbocycles. The second-order valence-electron chi connectivity index (χ2n) is 7.88. The molecule has 0 aliphatic rings. The van der Waals surface area contributed by atoms with Gasteiger partial charge in [0.15, 0.2) is 0 Å². The molecule has 0 heterocycles. The van der Waals surface area contributed by atoms with Crippen LogP contribution in [0.2, 0.25) is 0 Å². The minimum absolute atomic E-state index is 0.303. The Morgan fingerprint density at radius 1 is 0.600 bits per heavy atom. The molecule has 150 valence electrons. The molecule has 3 nitrogen and oxygen atoms in total. The summed E-state index contributed by atoms with van der Waals surface area (Å²) in [4.78, 5) is 10.8. The van der Waals surface area contributed by atoms with Crippen LogP contribution in [0.25, 0.3) is 0 Å². The van der Waals surface area contributed by atoms with Crippen LogP contribution in [0, 0.1) is 10.8 Å². The summed E-state index contributed by atoms with van der Waals surface area (Å²) in [5.74, 6) is 0.303. The van der Waals surface area contributed by atoms with Crippen LogP contribution < -0.4 is 5.73 Å². The fourth-order valence-electron chi connectivity index (χ4n) is 3.65. The van der Waals surface area contributed by atoms with Crippen LogP contribution in [0.4, 0.5) is 0 Å². The van der Waals surface area contributed by atoms with Crippen LogP contribution in [-0.4, -0.2) is 6.17 Å². The van der Waals surface area contributed by atoms with E-state index in [-0.39, 0.29) is 0 Å². The van der Waals surface area contributed by atoms with E-state index in [0.717, 1.165) is 12.8 Å². The van der Waals surface area contributed by atoms with E-state index >= 15 is 0 Å². The van der Waals surface area contributed by atoms with Crippen molar-refractivity contribution < 1.29 is 0 Å². The number of hydrogen-bond acceptors (Lipinski definition) is 3. The Morgan fingerprint density at radius 2 is 0.920 bits per heavy atom. The highest BCUT2D eigenvalue weighted by Gasteiger charge is 2.17. The lowest BCUT2D eigenvalue weighted by Gasteiger charge is -2.18.